The van der Waals surface area contributed by atoms with Gasteiger partial charge in [0.2, 0.25) is 0 Å². The highest BCUT2D eigenvalue weighted by Crippen LogP contribution is 2.25. The smallest absolute Gasteiger partial charge is 0.0474 e. The van der Waals surface area contributed by atoms with Gasteiger partial charge in [-0.3, -0.25) is 0 Å². The largest absolute Gasteiger partial charge is 0.396 e. The summed E-state index contributed by atoms with van der Waals surface area (Å²) in [6, 6.07) is 0.315. The molecule has 0 saturated heterocycles. The molecular formula is C4H9NO. The van der Waals surface area contributed by atoms with E-state index in [1.165, 1.54) is 0 Å². The third-order valence-electron chi connectivity index (χ3n) is 1.21. The van der Waals surface area contributed by atoms with Crippen molar-refractivity contribution in [3.8, 4) is 0 Å². The fourth-order valence-corrected chi connectivity index (χ4v) is 0.481. The van der Waals surface area contributed by atoms with Crippen molar-refractivity contribution in [1.82, 2.24) is 0 Å². The maximum absolute atomic E-state index is 8.30. The third-order valence-corrected chi connectivity index (χ3v) is 1.21. The van der Waals surface area contributed by atoms with E-state index in [-0.39, 0.29) is 6.61 Å². The van der Waals surface area contributed by atoms with Gasteiger partial charge < -0.3 is 10.8 Å². The first-order valence-corrected chi connectivity index (χ1v) is 2.21. The second-order valence-electron chi connectivity index (χ2n) is 1.84. The molecule has 6 heavy (non-hydrogen) atoms. The van der Waals surface area contributed by atoms with Crippen LogP contribution in [0.3, 0.4) is 0 Å². The van der Waals surface area contributed by atoms with Crippen LogP contribution in [0, 0.1) is 5.92 Å². The van der Waals surface area contributed by atoms with Crippen LogP contribution in [0.2, 0.25) is 0 Å². The Morgan fingerprint density at radius 2 is 2.33 bits per heavy atom. The van der Waals surface area contributed by atoms with E-state index < -0.39 is 0 Å². The molecule has 36 valence electrons. The third kappa shape index (κ3) is 0.533. The van der Waals surface area contributed by atoms with E-state index in [1.54, 1.807) is 0 Å². The van der Waals surface area contributed by atoms with Gasteiger partial charge in [-0.15, -0.1) is 0 Å². The molecule has 0 radical (unpaired) electrons. The first-order chi connectivity index (χ1) is 2.84. The van der Waals surface area contributed by atoms with Gasteiger partial charge in [0.05, 0.1) is 0 Å². The molecule has 0 spiro atoms. The van der Waals surface area contributed by atoms with Crippen LogP contribution < -0.4 is 5.73 Å². The molecule has 1 aliphatic carbocycles. The summed E-state index contributed by atoms with van der Waals surface area (Å²) in [6.07, 6.45) is 1.02. The Morgan fingerprint density at radius 3 is 2.33 bits per heavy atom. The Balaban J connectivity index is 2.09. The van der Waals surface area contributed by atoms with E-state index in [0.717, 1.165) is 6.42 Å². The van der Waals surface area contributed by atoms with E-state index in [4.69, 9.17) is 10.8 Å². The SMILES string of the molecule is N[C@H]1C[C@H]1CO. The van der Waals surface area contributed by atoms with Gasteiger partial charge in [-0.05, 0) is 12.3 Å². The second kappa shape index (κ2) is 1.21. The predicted molar refractivity (Wildman–Crippen MR) is 23.2 cm³/mol. The molecule has 0 heterocycles. The first kappa shape index (κ1) is 4.09. The highest BCUT2D eigenvalue weighted by atomic mass is 16.3. The van der Waals surface area contributed by atoms with Crippen molar-refractivity contribution < 1.29 is 5.11 Å². The van der Waals surface area contributed by atoms with Gasteiger partial charge in [0.25, 0.3) is 0 Å². The maximum Gasteiger partial charge on any atom is 0.0474 e. The minimum atomic E-state index is 0.279. The number of hydrogen-bond acceptors (Lipinski definition) is 2. The summed E-state index contributed by atoms with van der Waals surface area (Å²) >= 11 is 0. The van der Waals surface area contributed by atoms with E-state index in [1.807, 2.05) is 0 Å². The Labute approximate surface area is 37.0 Å². The molecular weight excluding hydrogens is 78.0 g/mol. The van der Waals surface area contributed by atoms with Crippen LogP contribution in [-0.2, 0) is 0 Å². The van der Waals surface area contributed by atoms with Gasteiger partial charge in [0, 0.05) is 12.6 Å². The van der Waals surface area contributed by atoms with Crippen molar-refractivity contribution in [2.24, 2.45) is 11.7 Å². The number of hydrogen-bond donors (Lipinski definition) is 2. The quantitative estimate of drug-likeness (QED) is 0.445. The van der Waals surface area contributed by atoms with E-state index in [0.29, 0.717) is 12.0 Å². The normalized spacial score (nSPS) is 43.0. The summed E-state index contributed by atoms with van der Waals surface area (Å²) in [5.74, 6) is 0.435. The van der Waals surface area contributed by atoms with Gasteiger partial charge in [-0.1, -0.05) is 0 Å². The highest BCUT2D eigenvalue weighted by molar-refractivity contribution is 4.88. The number of aliphatic hydroxyl groups is 1. The van der Waals surface area contributed by atoms with Gasteiger partial charge in [-0.2, -0.15) is 0 Å². The Hall–Kier alpha value is -0.0800. The Bertz CT molecular complexity index is 53.5. The number of rotatable bonds is 1. The Kier molecular flexibility index (Phi) is 0.821. The summed E-state index contributed by atoms with van der Waals surface area (Å²) in [4.78, 5) is 0. The minimum Gasteiger partial charge on any atom is -0.396 e. The van der Waals surface area contributed by atoms with Crippen LogP contribution in [0.4, 0.5) is 0 Å². The standard InChI is InChI=1S/C4H9NO/c5-4-1-3(4)2-6/h3-4,6H,1-2,5H2/t3-,4-/m0/s1. The van der Waals surface area contributed by atoms with Crippen molar-refractivity contribution >= 4 is 0 Å². The molecule has 1 aliphatic rings. The molecule has 0 aromatic rings. The van der Waals surface area contributed by atoms with Crippen LogP contribution in [0.25, 0.3) is 0 Å². The molecule has 0 aliphatic heterocycles. The summed E-state index contributed by atoms with van der Waals surface area (Å²) in [6.45, 7) is 0.279. The van der Waals surface area contributed by atoms with Gasteiger partial charge in [-0.25, -0.2) is 0 Å². The van der Waals surface area contributed by atoms with E-state index in [2.05, 4.69) is 0 Å². The predicted octanol–water partition coefficient (Wildman–Crippen LogP) is -0.674. The van der Waals surface area contributed by atoms with Crippen LogP contribution in [-0.4, -0.2) is 17.8 Å². The average Bonchev–Trinajstić information content (AvgIpc) is 2.19. The lowest BCUT2D eigenvalue weighted by molar-refractivity contribution is 0.274. The molecule has 1 saturated carbocycles. The van der Waals surface area contributed by atoms with Crippen molar-refractivity contribution in [3.63, 3.8) is 0 Å². The lowest BCUT2D eigenvalue weighted by atomic mass is 10.4. The van der Waals surface area contributed by atoms with Gasteiger partial charge >= 0.3 is 0 Å². The monoisotopic (exact) mass is 87.1 g/mol. The zero-order chi connectivity index (χ0) is 4.57. The topological polar surface area (TPSA) is 46.2 Å². The molecule has 0 amide bonds. The molecule has 2 heteroatoms. The van der Waals surface area contributed by atoms with E-state index in [9.17, 15) is 0 Å². The fraction of sp³-hybridized carbons (Fsp3) is 1.00. The average molecular weight is 87.1 g/mol. The second-order valence-corrected chi connectivity index (χ2v) is 1.84. The summed E-state index contributed by atoms with van der Waals surface area (Å²) in [5.41, 5.74) is 5.32. The maximum atomic E-state index is 8.30. The van der Waals surface area contributed by atoms with Crippen molar-refractivity contribution in [1.29, 1.82) is 0 Å². The molecule has 0 unspecified atom stereocenters. The summed E-state index contributed by atoms with van der Waals surface area (Å²) in [7, 11) is 0. The van der Waals surface area contributed by atoms with Crippen LogP contribution in [0.15, 0.2) is 0 Å². The number of aliphatic hydroxyl groups excluding tert-OH is 1. The molecule has 2 atom stereocenters. The molecule has 0 bridgehead atoms. The minimum absolute atomic E-state index is 0.279. The Morgan fingerprint density at radius 1 is 1.83 bits per heavy atom. The van der Waals surface area contributed by atoms with Crippen LogP contribution in [0.5, 0.6) is 0 Å². The van der Waals surface area contributed by atoms with E-state index >= 15 is 0 Å². The van der Waals surface area contributed by atoms with Crippen molar-refractivity contribution in [2.75, 3.05) is 6.61 Å². The van der Waals surface area contributed by atoms with Crippen LogP contribution in [0.1, 0.15) is 6.42 Å². The zero-order valence-corrected chi connectivity index (χ0v) is 3.59. The van der Waals surface area contributed by atoms with Crippen molar-refractivity contribution in [3.05, 3.63) is 0 Å². The summed E-state index contributed by atoms with van der Waals surface area (Å²) in [5, 5.41) is 8.30. The van der Waals surface area contributed by atoms with Crippen molar-refractivity contribution in [2.45, 2.75) is 12.5 Å². The first-order valence-electron chi connectivity index (χ1n) is 2.21. The highest BCUT2D eigenvalue weighted by Gasteiger charge is 2.31. The number of nitrogens with two attached hydrogens (primary N) is 1. The lowest BCUT2D eigenvalue weighted by Gasteiger charge is -1.79. The molecule has 0 aromatic carbocycles. The fourth-order valence-electron chi connectivity index (χ4n) is 0.481. The van der Waals surface area contributed by atoms with Gasteiger partial charge in [0.1, 0.15) is 0 Å². The zero-order valence-electron chi connectivity index (χ0n) is 3.59. The summed E-state index contributed by atoms with van der Waals surface area (Å²) < 4.78 is 0. The molecule has 1 rings (SSSR count). The molecule has 3 N–H and O–H groups in total. The lowest BCUT2D eigenvalue weighted by Crippen LogP contribution is -2.03. The molecule has 1 fully saturated rings. The molecule has 2 nitrogen and oxygen atoms in total. The molecule has 0 aromatic heterocycles. The van der Waals surface area contributed by atoms with Crippen LogP contribution >= 0.6 is 0 Å². The van der Waals surface area contributed by atoms with Gasteiger partial charge in [0.15, 0.2) is 0 Å².